The lowest BCUT2D eigenvalue weighted by Crippen LogP contribution is -2.42. The molecule has 0 aliphatic rings. The Morgan fingerprint density at radius 2 is 2.20 bits per heavy atom. The average molecular weight is 281 g/mol. The molecule has 1 N–H and O–H groups in total. The SMILES string of the molecule is C=CC(C)C(NCc1nnnn1C(C)(C)C)C(=O)OC. The largest absolute Gasteiger partial charge is 0.468 e. The second-order valence-electron chi connectivity index (χ2n) is 5.65. The third-order valence-electron chi connectivity index (χ3n) is 3.00. The molecule has 1 rings (SSSR count). The Labute approximate surface area is 119 Å². The standard InChI is InChI=1S/C13H23N5O2/c1-7-9(2)11(12(19)20-6)14-8-10-15-16-17-18(10)13(3,4)5/h7,9,11,14H,1,8H2,2-6H3. The smallest absolute Gasteiger partial charge is 0.323 e. The molecule has 0 aromatic carbocycles. The summed E-state index contributed by atoms with van der Waals surface area (Å²) in [4.78, 5) is 11.8. The molecule has 1 aromatic rings. The van der Waals surface area contributed by atoms with Gasteiger partial charge in [0, 0.05) is 0 Å². The minimum Gasteiger partial charge on any atom is -0.468 e. The maximum absolute atomic E-state index is 11.8. The molecule has 2 atom stereocenters. The fraction of sp³-hybridized carbons (Fsp3) is 0.692. The van der Waals surface area contributed by atoms with E-state index in [1.807, 2.05) is 27.7 Å². The van der Waals surface area contributed by atoms with Crippen molar-refractivity contribution in [3.05, 3.63) is 18.5 Å². The van der Waals surface area contributed by atoms with Crippen LogP contribution in [-0.4, -0.2) is 39.3 Å². The van der Waals surface area contributed by atoms with Crippen molar-refractivity contribution in [2.45, 2.75) is 45.8 Å². The zero-order valence-electron chi connectivity index (χ0n) is 12.8. The number of esters is 1. The fourth-order valence-electron chi connectivity index (χ4n) is 1.79. The van der Waals surface area contributed by atoms with E-state index in [0.717, 1.165) is 0 Å². The predicted molar refractivity (Wildman–Crippen MR) is 74.8 cm³/mol. The molecular weight excluding hydrogens is 258 g/mol. The number of carbonyl (C=O) groups is 1. The van der Waals surface area contributed by atoms with Gasteiger partial charge in [0.2, 0.25) is 0 Å². The first-order valence-corrected chi connectivity index (χ1v) is 6.52. The van der Waals surface area contributed by atoms with Crippen molar-refractivity contribution in [1.82, 2.24) is 25.5 Å². The van der Waals surface area contributed by atoms with Gasteiger partial charge in [-0.05, 0) is 37.1 Å². The third kappa shape index (κ3) is 3.86. The van der Waals surface area contributed by atoms with Crippen molar-refractivity contribution < 1.29 is 9.53 Å². The lowest BCUT2D eigenvalue weighted by atomic mass is 10.0. The number of nitrogens with zero attached hydrogens (tertiary/aromatic N) is 4. The summed E-state index contributed by atoms with van der Waals surface area (Å²) in [5, 5.41) is 14.8. The number of hydrogen-bond acceptors (Lipinski definition) is 6. The summed E-state index contributed by atoms with van der Waals surface area (Å²) in [6.07, 6.45) is 1.71. The average Bonchev–Trinajstić information content (AvgIpc) is 2.86. The molecule has 0 radical (unpaired) electrons. The summed E-state index contributed by atoms with van der Waals surface area (Å²) in [6, 6.07) is -0.470. The van der Waals surface area contributed by atoms with Crippen molar-refractivity contribution in [3.8, 4) is 0 Å². The summed E-state index contributed by atoms with van der Waals surface area (Å²) >= 11 is 0. The summed E-state index contributed by atoms with van der Waals surface area (Å²) in [5.74, 6) is 0.288. The molecule has 0 saturated carbocycles. The molecule has 0 bridgehead atoms. The van der Waals surface area contributed by atoms with Crippen molar-refractivity contribution in [2.24, 2.45) is 5.92 Å². The summed E-state index contributed by atoms with van der Waals surface area (Å²) < 4.78 is 6.52. The number of nitrogens with one attached hydrogen (secondary N) is 1. The van der Waals surface area contributed by atoms with Gasteiger partial charge in [0.1, 0.15) is 6.04 Å². The molecule has 2 unspecified atom stereocenters. The predicted octanol–water partition coefficient (Wildman–Crippen LogP) is 0.881. The van der Waals surface area contributed by atoms with Crippen LogP contribution in [0.25, 0.3) is 0 Å². The van der Waals surface area contributed by atoms with Crippen molar-refractivity contribution in [2.75, 3.05) is 7.11 Å². The number of methoxy groups -OCH3 is 1. The number of rotatable bonds is 6. The lowest BCUT2D eigenvalue weighted by Gasteiger charge is -2.23. The van der Waals surface area contributed by atoms with Crippen LogP contribution in [0.5, 0.6) is 0 Å². The molecule has 20 heavy (non-hydrogen) atoms. The van der Waals surface area contributed by atoms with Gasteiger partial charge >= 0.3 is 5.97 Å². The van der Waals surface area contributed by atoms with E-state index in [2.05, 4.69) is 27.4 Å². The van der Waals surface area contributed by atoms with Crippen molar-refractivity contribution in [3.63, 3.8) is 0 Å². The first-order valence-electron chi connectivity index (χ1n) is 6.52. The molecule has 7 nitrogen and oxygen atoms in total. The molecule has 0 aliphatic carbocycles. The summed E-state index contributed by atoms with van der Waals surface area (Å²) in [7, 11) is 1.37. The zero-order chi connectivity index (χ0) is 15.3. The van der Waals surface area contributed by atoms with Crippen LogP contribution in [-0.2, 0) is 21.6 Å². The second kappa shape index (κ2) is 6.60. The van der Waals surface area contributed by atoms with E-state index in [1.165, 1.54) is 7.11 Å². The van der Waals surface area contributed by atoms with Crippen molar-refractivity contribution in [1.29, 1.82) is 0 Å². The van der Waals surface area contributed by atoms with Crippen molar-refractivity contribution >= 4 is 5.97 Å². The highest BCUT2D eigenvalue weighted by molar-refractivity contribution is 5.76. The maximum Gasteiger partial charge on any atom is 0.323 e. The van der Waals surface area contributed by atoms with Gasteiger partial charge in [0.05, 0.1) is 19.2 Å². The van der Waals surface area contributed by atoms with Crippen LogP contribution in [0.3, 0.4) is 0 Å². The normalized spacial score (nSPS) is 14.7. The van der Waals surface area contributed by atoms with E-state index in [1.54, 1.807) is 10.8 Å². The highest BCUT2D eigenvalue weighted by Gasteiger charge is 2.25. The molecule has 0 saturated heterocycles. The molecule has 7 heteroatoms. The highest BCUT2D eigenvalue weighted by atomic mass is 16.5. The molecule has 0 spiro atoms. The zero-order valence-corrected chi connectivity index (χ0v) is 12.8. The Balaban J connectivity index is 2.81. The number of aromatic nitrogens is 4. The van der Waals surface area contributed by atoms with Crippen LogP contribution < -0.4 is 5.32 Å². The van der Waals surface area contributed by atoms with Gasteiger partial charge in [-0.25, -0.2) is 4.68 Å². The Bertz CT molecular complexity index is 464. The van der Waals surface area contributed by atoms with Gasteiger partial charge in [0.25, 0.3) is 0 Å². The van der Waals surface area contributed by atoms with Crippen LogP contribution in [0, 0.1) is 5.92 Å². The molecule has 0 aliphatic heterocycles. The lowest BCUT2D eigenvalue weighted by molar-refractivity contribution is -0.144. The van der Waals surface area contributed by atoms with E-state index in [0.29, 0.717) is 12.4 Å². The van der Waals surface area contributed by atoms with E-state index in [-0.39, 0.29) is 17.4 Å². The number of carbonyl (C=O) groups excluding carboxylic acids is 1. The minimum absolute atomic E-state index is 0.0542. The summed E-state index contributed by atoms with van der Waals surface area (Å²) in [5.41, 5.74) is -0.217. The van der Waals surface area contributed by atoms with Gasteiger partial charge in [0.15, 0.2) is 5.82 Å². The van der Waals surface area contributed by atoms with Gasteiger partial charge in [-0.3, -0.25) is 10.1 Å². The highest BCUT2D eigenvalue weighted by Crippen LogP contribution is 2.14. The van der Waals surface area contributed by atoms with Crippen LogP contribution in [0.4, 0.5) is 0 Å². The Morgan fingerprint density at radius 3 is 2.70 bits per heavy atom. The summed E-state index contributed by atoms with van der Waals surface area (Å²) in [6.45, 7) is 12.0. The number of ether oxygens (including phenoxy) is 1. The second-order valence-corrected chi connectivity index (χ2v) is 5.65. The maximum atomic E-state index is 11.8. The van der Waals surface area contributed by atoms with Crippen LogP contribution in [0.2, 0.25) is 0 Å². The molecule has 1 aromatic heterocycles. The molecule has 112 valence electrons. The van der Waals surface area contributed by atoms with E-state index < -0.39 is 6.04 Å². The van der Waals surface area contributed by atoms with E-state index in [9.17, 15) is 4.79 Å². The van der Waals surface area contributed by atoms with Gasteiger partial charge in [-0.1, -0.05) is 13.0 Å². The number of hydrogen-bond donors (Lipinski definition) is 1. The number of tetrazole rings is 1. The molecule has 0 amide bonds. The Kier molecular flexibility index (Phi) is 5.38. The van der Waals surface area contributed by atoms with Gasteiger partial charge < -0.3 is 4.74 Å². The quantitative estimate of drug-likeness (QED) is 0.616. The van der Waals surface area contributed by atoms with E-state index >= 15 is 0 Å². The first-order chi connectivity index (χ1) is 9.31. The minimum atomic E-state index is -0.470. The Hall–Kier alpha value is -1.76. The fourth-order valence-corrected chi connectivity index (χ4v) is 1.79. The van der Waals surface area contributed by atoms with E-state index in [4.69, 9.17) is 4.74 Å². The van der Waals surface area contributed by atoms with Gasteiger partial charge in [-0.15, -0.1) is 11.7 Å². The van der Waals surface area contributed by atoms with Crippen LogP contribution in [0.1, 0.15) is 33.5 Å². The van der Waals surface area contributed by atoms with Crippen LogP contribution in [0.15, 0.2) is 12.7 Å². The topological polar surface area (TPSA) is 81.9 Å². The molecule has 0 fully saturated rings. The van der Waals surface area contributed by atoms with Crippen LogP contribution >= 0.6 is 0 Å². The first kappa shape index (κ1) is 16.3. The Morgan fingerprint density at radius 1 is 1.55 bits per heavy atom. The monoisotopic (exact) mass is 281 g/mol. The molecule has 1 heterocycles. The molecular formula is C13H23N5O2. The van der Waals surface area contributed by atoms with Gasteiger partial charge in [-0.2, -0.15) is 0 Å². The third-order valence-corrected chi connectivity index (χ3v) is 3.00.